The van der Waals surface area contributed by atoms with Crippen molar-refractivity contribution in [2.45, 2.75) is 59.9 Å². The van der Waals surface area contributed by atoms with Gasteiger partial charge in [-0.05, 0) is 31.0 Å². The molecule has 1 heterocycles. The molecule has 1 aliphatic rings. The zero-order valence-electron chi connectivity index (χ0n) is 15.2. The number of hydrogen-bond acceptors (Lipinski definition) is 3. The van der Waals surface area contributed by atoms with Crippen LogP contribution in [0.15, 0.2) is 36.1 Å². The third-order valence-electron chi connectivity index (χ3n) is 3.66. The van der Waals surface area contributed by atoms with Gasteiger partial charge >= 0.3 is 0 Å². The second kappa shape index (κ2) is 12.7. The first-order valence-electron chi connectivity index (χ1n) is 8.57. The Morgan fingerprint density at radius 2 is 1.91 bits per heavy atom. The van der Waals surface area contributed by atoms with Crippen LogP contribution in [0.2, 0.25) is 0 Å². The van der Waals surface area contributed by atoms with Gasteiger partial charge < -0.3 is 10.6 Å². The summed E-state index contributed by atoms with van der Waals surface area (Å²) in [6.45, 7) is 10.3. The van der Waals surface area contributed by atoms with Gasteiger partial charge in [0.1, 0.15) is 0 Å². The molecule has 4 heteroatoms. The molecule has 4 nitrogen and oxygen atoms in total. The summed E-state index contributed by atoms with van der Waals surface area (Å²) < 4.78 is 0. The molecule has 1 rings (SSSR count). The zero-order valence-corrected chi connectivity index (χ0v) is 15.2. The third-order valence-corrected chi connectivity index (χ3v) is 3.66. The minimum atomic E-state index is -0.385. The molecule has 0 aromatic rings. The van der Waals surface area contributed by atoms with Crippen LogP contribution in [0.5, 0.6) is 0 Å². The maximum atomic E-state index is 12.2. The SMILES string of the molecule is CC.CC[C@H](C)C(NC(=O)C/C1=C/NC/C=C\C=C/C1)C(C)=O. The fraction of sp³-hybridized carbons (Fsp3) is 0.579. The van der Waals surface area contributed by atoms with Gasteiger partial charge in [0, 0.05) is 13.0 Å². The van der Waals surface area contributed by atoms with Gasteiger partial charge in [-0.3, -0.25) is 9.59 Å². The molecule has 0 aromatic carbocycles. The molecule has 0 aliphatic carbocycles. The highest BCUT2D eigenvalue weighted by Crippen LogP contribution is 2.12. The first-order valence-corrected chi connectivity index (χ1v) is 8.57. The summed E-state index contributed by atoms with van der Waals surface area (Å²) in [5.74, 6) is 0.0794. The number of carbonyl (C=O) groups is 2. The van der Waals surface area contributed by atoms with Crippen molar-refractivity contribution in [1.82, 2.24) is 10.6 Å². The van der Waals surface area contributed by atoms with Gasteiger partial charge in [0.25, 0.3) is 0 Å². The Balaban J connectivity index is 0.00000232. The number of hydrogen-bond donors (Lipinski definition) is 2. The van der Waals surface area contributed by atoms with Gasteiger partial charge in [-0.1, -0.05) is 58.4 Å². The molecule has 0 fully saturated rings. The van der Waals surface area contributed by atoms with Crippen LogP contribution >= 0.6 is 0 Å². The summed E-state index contributed by atoms with van der Waals surface area (Å²) in [5, 5.41) is 6.03. The molecule has 130 valence electrons. The van der Waals surface area contributed by atoms with Crippen molar-refractivity contribution in [3.63, 3.8) is 0 Å². The molecule has 0 saturated carbocycles. The predicted octanol–water partition coefficient (Wildman–Crippen LogP) is 3.51. The lowest BCUT2D eigenvalue weighted by Gasteiger charge is -2.22. The van der Waals surface area contributed by atoms with Crippen LogP contribution in [0.25, 0.3) is 0 Å². The quantitative estimate of drug-likeness (QED) is 0.787. The van der Waals surface area contributed by atoms with E-state index in [-0.39, 0.29) is 23.7 Å². The van der Waals surface area contributed by atoms with Crippen molar-refractivity contribution >= 4 is 11.7 Å². The number of amides is 1. The van der Waals surface area contributed by atoms with Gasteiger partial charge in [-0.25, -0.2) is 0 Å². The largest absolute Gasteiger partial charge is 0.387 e. The van der Waals surface area contributed by atoms with E-state index in [1.807, 2.05) is 58.2 Å². The van der Waals surface area contributed by atoms with Crippen molar-refractivity contribution < 1.29 is 9.59 Å². The number of allylic oxidation sites excluding steroid dienone is 3. The second-order valence-corrected chi connectivity index (χ2v) is 5.49. The van der Waals surface area contributed by atoms with Gasteiger partial charge in [0.05, 0.1) is 6.04 Å². The molecule has 0 aromatic heterocycles. The number of Topliss-reactive ketones (excluding diaryl/α,β-unsaturated/α-hetero) is 1. The van der Waals surface area contributed by atoms with Crippen molar-refractivity contribution in [2.75, 3.05) is 6.54 Å². The lowest BCUT2D eigenvalue weighted by Crippen LogP contribution is -2.44. The fourth-order valence-electron chi connectivity index (χ4n) is 2.21. The monoisotopic (exact) mass is 320 g/mol. The molecule has 0 saturated heterocycles. The number of carbonyl (C=O) groups excluding carboxylic acids is 2. The summed E-state index contributed by atoms with van der Waals surface area (Å²) in [4.78, 5) is 23.8. The second-order valence-electron chi connectivity index (χ2n) is 5.49. The summed E-state index contributed by atoms with van der Waals surface area (Å²) in [6, 6.07) is -0.385. The third kappa shape index (κ3) is 9.01. The first-order chi connectivity index (χ1) is 11.0. The number of ketones is 1. The Bertz CT molecular complexity index is 450. The summed E-state index contributed by atoms with van der Waals surface area (Å²) >= 11 is 0. The maximum Gasteiger partial charge on any atom is 0.224 e. The van der Waals surface area contributed by atoms with Crippen LogP contribution in [-0.2, 0) is 9.59 Å². The minimum absolute atomic E-state index is 0.0170. The summed E-state index contributed by atoms with van der Waals surface area (Å²) in [5.41, 5.74) is 1.01. The molecule has 0 radical (unpaired) electrons. The highest BCUT2D eigenvalue weighted by atomic mass is 16.2. The van der Waals surface area contributed by atoms with Crippen LogP contribution in [0.3, 0.4) is 0 Å². The van der Waals surface area contributed by atoms with E-state index >= 15 is 0 Å². The zero-order chi connectivity index (χ0) is 17.7. The highest BCUT2D eigenvalue weighted by molar-refractivity contribution is 5.88. The fourth-order valence-corrected chi connectivity index (χ4v) is 2.21. The van der Waals surface area contributed by atoms with E-state index in [0.29, 0.717) is 6.42 Å². The first kappa shape index (κ1) is 21.2. The van der Waals surface area contributed by atoms with E-state index in [4.69, 9.17) is 0 Å². The van der Waals surface area contributed by atoms with Crippen molar-refractivity contribution in [3.05, 3.63) is 36.1 Å². The van der Waals surface area contributed by atoms with Gasteiger partial charge in [0.15, 0.2) is 5.78 Å². The van der Waals surface area contributed by atoms with E-state index in [1.165, 1.54) is 6.92 Å². The molecule has 1 amide bonds. The van der Waals surface area contributed by atoms with E-state index in [0.717, 1.165) is 25.0 Å². The maximum absolute atomic E-state index is 12.2. The van der Waals surface area contributed by atoms with Crippen LogP contribution < -0.4 is 10.6 Å². The van der Waals surface area contributed by atoms with Gasteiger partial charge in [-0.2, -0.15) is 0 Å². The van der Waals surface area contributed by atoms with Crippen LogP contribution in [0, 0.1) is 5.92 Å². The van der Waals surface area contributed by atoms with E-state index in [2.05, 4.69) is 10.6 Å². The molecule has 0 bridgehead atoms. The van der Waals surface area contributed by atoms with E-state index < -0.39 is 0 Å². The Labute approximate surface area is 141 Å². The van der Waals surface area contributed by atoms with Crippen LogP contribution in [-0.4, -0.2) is 24.3 Å². The molecule has 1 unspecified atom stereocenters. The molecule has 0 spiro atoms. The van der Waals surface area contributed by atoms with E-state index in [1.54, 1.807) is 0 Å². The lowest BCUT2D eigenvalue weighted by atomic mass is 9.95. The normalized spacial score (nSPS) is 21.3. The smallest absolute Gasteiger partial charge is 0.224 e. The van der Waals surface area contributed by atoms with Crippen molar-refractivity contribution in [3.8, 4) is 0 Å². The van der Waals surface area contributed by atoms with Gasteiger partial charge in [-0.15, -0.1) is 0 Å². The van der Waals surface area contributed by atoms with E-state index in [9.17, 15) is 9.59 Å². The van der Waals surface area contributed by atoms with Gasteiger partial charge in [0.2, 0.25) is 5.91 Å². The van der Waals surface area contributed by atoms with Crippen LogP contribution in [0.4, 0.5) is 0 Å². The molecule has 2 atom stereocenters. The molecule has 1 aliphatic heterocycles. The highest BCUT2D eigenvalue weighted by Gasteiger charge is 2.22. The topological polar surface area (TPSA) is 58.2 Å². The average Bonchev–Trinajstić information content (AvgIpc) is 2.67. The predicted molar refractivity (Wildman–Crippen MR) is 97.0 cm³/mol. The average molecular weight is 320 g/mol. The number of rotatable bonds is 6. The summed E-state index contributed by atoms with van der Waals surface area (Å²) in [6.07, 6.45) is 11.8. The number of nitrogens with one attached hydrogen (secondary N) is 2. The Kier molecular flexibility index (Phi) is 11.7. The van der Waals surface area contributed by atoms with Crippen molar-refractivity contribution in [1.29, 1.82) is 0 Å². The Morgan fingerprint density at radius 1 is 1.26 bits per heavy atom. The Morgan fingerprint density at radius 3 is 2.52 bits per heavy atom. The van der Waals surface area contributed by atoms with Crippen LogP contribution in [0.1, 0.15) is 53.9 Å². The Hall–Kier alpha value is -1.84. The molecule has 23 heavy (non-hydrogen) atoms. The minimum Gasteiger partial charge on any atom is -0.387 e. The molecular weight excluding hydrogens is 288 g/mol. The van der Waals surface area contributed by atoms with Crippen molar-refractivity contribution in [2.24, 2.45) is 5.92 Å². The molecule has 2 N–H and O–H groups in total. The summed E-state index contributed by atoms with van der Waals surface area (Å²) in [7, 11) is 0. The molecular formula is C19H32N2O2. The standard InChI is InChI=1S/C17H26N2O2.C2H6/c1-4-13(2)17(14(3)20)19-16(21)11-15-9-7-5-6-8-10-18-12-15;1-2/h5-8,12-13,17-18H,4,9-11H2,1-3H3,(H,19,21);1-2H3/b7-5-,8-6-,15-12+;/t13-,17?;/m0./s1. The lowest BCUT2D eigenvalue weighted by molar-refractivity contribution is -0.127.